The molecule has 20 heavy (non-hydrogen) atoms. The normalized spacial score (nSPS) is 12.6. The molecule has 0 radical (unpaired) electrons. The third-order valence-corrected chi connectivity index (χ3v) is 2.46. The summed E-state index contributed by atoms with van der Waals surface area (Å²) in [7, 11) is 0. The lowest BCUT2D eigenvalue weighted by Crippen LogP contribution is -2.38. The highest BCUT2D eigenvalue weighted by Gasteiger charge is 2.22. The van der Waals surface area contributed by atoms with Gasteiger partial charge in [0.1, 0.15) is 24.0 Å². The van der Waals surface area contributed by atoms with Crippen molar-refractivity contribution in [2.24, 2.45) is 5.73 Å². The van der Waals surface area contributed by atoms with Gasteiger partial charge < -0.3 is 15.2 Å². The number of carbonyl (C=O) groups is 1. The van der Waals surface area contributed by atoms with E-state index in [9.17, 15) is 4.79 Å². The number of carbonyl (C=O) groups excluding carboxylic acids is 1. The van der Waals surface area contributed by atoms with Crippen molar-refractivity contribution < 1.29 is 14.3 Å². The fraction of sp³-hybridized carbons (Fsp3) is 0.438. The molecular weight excluding hydrogens is 254 g/mol. The summed E-state index contributed by atoms with van der Waals surface area (Å²) in [6.45, 7) is 9.53. The maximum Gasteiger partial charge on any atom is 0.323 e. The zero-order chi connectivity index (χ0) is 15.2. The van der Waals surface area contributed by atoms with Gasteiger partial charge in [0.2, 0.25) is 0 Å². The van der Waals surface area contributed by atoms with E-state index >= 15 is 0 Å². The topological polar surface area (TPSA) is 61.5 Å². The molecular formula is C16H23NO3. The highest BCUT2D eigenvalue weighted by atomic mass is 16.6. The van der Waals surface area contributed by atoms with Gasteiger partial charge in [-0.15, -0.1) is 0 Å². The second-order valence-electron chi connectivity index (χ2n) is 5.59. The summed E-state index contributed by atoms with van der Waals surface area (Å²) >= 11 is 0. The van der Waals surface area contributed by atoms with Crippen LogP contribution in [0.1, 0.15) is 26.3 Å². The zero-order valence-electron chi connectivity index (χ0n) is 12.4. The molecule has 0 aliphatic rings. The van der Waals surface area contributed by atoms with Gasteiger partial charge in [-0.05, 0) is 44.9 Å². The number of nitrogens with two attached hydrogens (primary N) is 1. The molecule has 0 bridgehead atoms. The van der Waals surface area contributed by atoms with Gasteiger partial charge in [0.15, 0.2) is 0 Å². The zero-order valence-corrected chi connectivity index (χ0v) is 12.4. The first-order chi connectivity index (χ1) is 9.31. The third-order valence-electron chi connectivity index (χ3n) is 2.46. The van der Waals surface area contributed by atoms with Crippen LogP contribution in [0, 0.1) is 0 Å². The average Bonchev–Trinajstić information content (AvgIpc) is 2.36. The van der Waals surface area contributed by atoms with E-state index in [-0.39, 0.29) is 5.97 Å². The molecule has 1 rings (SSSR count). The Hall–Kier alpha value is -1.81. The molecule has 0 aromatic heterocycles. The molecule has 0 heterocycles. The minimum absolute atomic E-state index is 0.385. The first-order valence-corrected chi connectivity index (χ1v) is 6.63. The summed E-state index contributed by atoms with van der Waals surface area (Å²) in [5.41, 5.74) is 6.31. The number of hydrogen-bond donors (Lipinski definition) is 1. The van der Waals surface area contributed by atoms with Crippen molar-refractivity contribution in [3.8, 4) is 5.75 Å². The van der Waals surface area contributed by atoms with E-state index in [1.807, 2.05) is 45.0 Å². The van der Waals surface area contributed by atoms with Crippen LogP contribution in [-0.4, -0.2) is 24.2 Å². The molecule has 2 N–H and O–H groups in total. The molecule has 4 heteroatoms. The predicted molar refractivity (Wildman–Crippen MR) is 79.7 cm³/mol. The van der Waals surface area contributed by atoms with Gasteiger partial charge in [0, 0.05) is 0 Å². The number of benzene rings is 1. The van der Waals surface area contributed by atoms with Gasteiger partial charge in [-0.2, -0.15) is 0 Å². The van der Waals surface area contributed by atoms with E-state index in [1.165, 1.54) is 0 Å². The fourth-order valence-electron chi connectivity index (χ4n) is 1.59. The quantitative estimate of drug-likeness (QED) is 0.641. The van der Waals surface area contributed by atoms with Crippen LogP contribution >= 0.6 is 0 Å². The molecule has 110 valence electrons. The maximum atomic E-state index is 11.8. The summed E-state index contributed by atoms with van der Waals surface area (Å²) in [6.07, 6.45) is 2.13. The van der Waals surface area contributed by atoms with E-state index in [0.29, 0.717) is 13.0 Å². The summed E-state index contributed by atoms with van der Waals surface area (Å²) in [4.78, 5) is 11.8. The van der Waals surface area contributed by atoms with Gasteiger partial charge in [0.05, 0.1) is 0 Å². The van der Waals surface area contributed by atoms with E-state index in [2.05, 4.69) is 6.58 Å². The van der Waals surface area contributed by atoms with Crippen LogP contribution in [0.2, 0.25) is 0 Å². The molecule has 0 spiro atoms. The molecule has 0 aliphatic carbocycles. The Kier molecular flexibility index (Phi) is 5.77. The van der Waals surface area contributed by atoms with Crippen LogP contribution in [0.4, 0.5) is 0 Å². The predicted octanol–water partition coefficient (Wildman–Crippen LogP) is 2.46. The van der Waals surface area contributed by atoms with Crippen LogP contribution in [0.25, 0.3) is 0 Å². The number of ether oxygens (including phenoxy) is 2. The first-order valence-electron chi connectivity index (χ1n) is 6.63. The SMILES string of the molecule is C=CCOc1ccc(C[C@H](N)C(=O)OC(C)(C)C)cc1. The van der Waals surface area contributed by atoms with Crippen LogP contribution in [0.5, 0.6) is 5.75 Å². The van der Waals surface area contributed by atoms with E-state index < -0.39 is 11.6 Å². The van der Waals surface area contributed by atoms with E-state index in [1.54, 1.807) is 6.08 Å². The van der Waals surface area contributed by atoms with Crippen molar-refractivity contribution >= 4 is 5.97 Å². The Morgan fingerprint density at radius 1 is 1.35 bits per heavy atom. The summed E-state index contributed by atoms with van der Waals surface area (Å²) in [6, 6.07) is 6.82. The fourth-order valence-corrected chi connectivity index (χ4v) is 1.59. The Labute approximate surface area is 120 Å². The first kappa shape index (κ1) is 16.2. The van der Waals surface area contributed by atoms with Gasteiger partial charge in [0.25, 0.3) is 0 Å². The molecule has 1 atom stereocenters. The minimum Gasteiger partial charge on any atom is -0.490 e. The monoisotopic (exact) mass is 277 g/mol. The smallest absolute Gasteiger partial charge is 0.323 e. The van der Waals surface area contributed by atoms with Crippen molar-refractivity contribution in [2.45, 2.75) is 38.8 Å². The number of esters is 1. The molecule has 0 aliphatic heterocycles. The molecule has 4 nitrogen and oxygen atoms in total. The Balaban J connectivity index is 2.55. The highest BCUT2D eigenvalue weighted by Crippen LogP contribution is 2.14. The lowest BCUT2D eigenvalue weighted by molar-refractivity contribution is -0.156. The second kappa shape index (κ2) is 7.10. The van der Waals surface area contributed by atoms with Crippen LogP contribution in [-0.2, 0) is 16.0 Å². The standard InChI is InChI=1S/C16H23NO3/c1-5-10-19-13-8-6-12(7-9-13)11-14(17)15(18)20-16(2,3)4/h5-9,14H,1,10-11,17H2,2-4H3/t14-/m0/s1. The Morgan fingerprint density at radius 3 is 2.45 bits per heavy atom. The number of hydrogen-bond acceptors (Lipinski definition) is 4. The minimum atomic E-state index is -0.658. The van der Waals surface area contributed by atoms with Crippen LogP contribution in [0.3, 0.4) is 0 Å². The Bertz CT molecular complexity index is 446. The Morgan fingerprint density at radius 2 is 1.95 bits per heavy atom. The molecule has 0 saturated heterocycles. The molecule has 0 fully saturated rings. The van der Waals surface area contributed by atoms with Crippen molar-refractivity contribution in [1.29, 1.82) is 0 Å². The largest absolute Gasteiger partial charge is 0.490 e. The molecule has 0 unspecified atom stereocenters. The summed E-state index contributed by atoms with van der Waals surface area (Å²) < 4.78 is 10.6. The maximum absolute atomic E-state index is 11.8. The lowest BCUT2D eigenvalue weighted by atomic mass is 10.1. The lowest BCUT2D eigenvalue weighted by Gasteiger charge is -2.22. The van der Waals surface area contributed by atoms with Gasteiger partial charge >= 0.3 is 5.97 Å². The molecule has 1 aromatic carbocycles. The second-order valence-corrected chi connectivity index (χ2v) is 5.59. The van der Waals surface area contributed by atoms with Crippen molar-refractivity contribution in [3.63, 3.8) is 0 Å². The van der Waals surface area contributed by atoms with Gasteiger partial charge in [-0.3, -0.25) is 4.79 Å². The molecule has 0 amide bonds. The highest BCUT2D eigenvalue weighted by molar-refractivity contribution is 5.76. The van der Waals surface area contributed by atoms with Gasteiger partial charge in [-0.1, -0.05) is 24.8 Å². The summed E-state index contributed by atoms with van der Waals surface area (Å²) in [5, 5.41) is 0. The third kappa shape index (κ3) is 5.89. The average molecular weight is 277 g/mol. The van der Waals surface area contributed by atoms with Gasteiger partial charge in [-0.25, -0.2) is 0 Å². The van der Waals surface area contributed by atoms with Crippen molar-refractivity contribution in [2.75, 3.05) is 6.61 Å². The summed E-state index contributed by atoms with van der Waals surface area (Å²) in [5.74, 6) is 0.379. The van der Waals surface area contributed by atoms with E-state index in [0.717, 1.165) is 11.3 Å². The van der Waals surface area contributed by atoms with Crippen LogP contribution in [0.15, 0.2) is 36.9 Å². The van der Waals surface area contributed by atoms with Crippen molar-refractivity contribution in [3.05, 3.63) is 42.5 Å². The van der Waals surface area contributed by atoms with Crippen LogP contribution < -0.4 is 10.5 Å². The molecule has 0 saturated carbocycles. The van der Waals surface area contributed by atoms with E-state index in [4.69, 9.17) is 15.2 Å². The molecule has 1 aromatic rings. The van der Waals surface area contributed by atoms with Crippen molar-refractivity contribution in [1.82, 2.24) is 0 Å². The number of rotatable bonds is 6.